The first-order valence-electron chi connectivity index (χ1n) is 9.41. The molecule has 0 unspecified atom stereocenters. The van der Waals surface area contributed by atoms with Gasteiger partial charge in [-0.3, -0.25) is 4.79 Å². The molecule has 0 spiro atoms. The van der Waals surface area contributed by atoms with Crippen molar-refractivity contribution in [1.82, 2.24) is 9.88 Å². The van der Waals surface area contributed by atoms with Crippen molar-refractivity contribution in [3.63, 3.8) is 0 Å². The van der Waals surface area contributed by atoms with E-state index in [2.05, 4.69) is 59.7 Å². The third-order valence-corrected chi connectivity index (χ3v) is 5.05. The molecule has 0 saturated heterocycles. The van der Waals surface area contributed by atoms with Crippen LogP contribution in [0.25, 0.3) is 0 Å². The second-order valence-corrected chi connectivity index (χ2v) is 6.85. The molecule has 1 amide bonds. The summed E-state index contributed by atoms with van der Waals surface area (Å²) < 4.78 is 0. The van der Waals surface area contributed by atoms with E-state index in [-0.39, 0.29) is 5.91 Å². The van der Waals surface area contributed by atoms with E-state index in [9.17, 15) is 4.79 Å². The molecular weight excluding hydrogens is 334 g/mol. The van der Waals surface area contributed by atoms with Crippen LogP contribution in [0.2, 0.25) is 0 Å². The van der Waals surface area contributed by atoms with Crippen LogP contribution >= 0.6 is 0 Å². The van der Waals surface area contributed by atoms with Crippen molar-refractivity contribution in [1.29, 1.82) is 0 Å². The van der Waals surface area contributed by atoms with Gasteiger partial charge in [0.25, 0.3) is 5.91 Å². The number of hydrogen-bond donors (Lipinski definition) is 1. The molecular formula is C23H23N3O. The molecule has 1 aromatic heterocycles. The van der Waals surface area contributed by atoms with Crippen molar-refractivity contribution in [3.8, 4) is 0 Å². The predicted octanol–water partition coefficient (Wildman–Crippen LogP) is 4.59. The van der Waals surface area contributed by atoms with Gasteiger partial charge in [0.1, 0.15) is 5.69 Å². The fourth-order valence-electron chi connectivity index (χ4n) is 3.42. The molecule has 2 heterocycles. The van der Waals surface area contributed by atoms with Crippen molar-refractivity contribution < 1.29 is 4.79 Å². The first kappa shape index (κ1) is 17.3. The Labute approximate surface area is 159 Å². The Hall–Kier alpha value is -3.14. The number of aryl methyl sites for hydroxylation is 1. The molecule has 1 N–H and O–H groups in total. The minimum Gasteiger partial charge on any atom is -0.354 e. The molecule has 4 heteroatoms. The average Bonchev–Trinajstić information content (AvgIpc) is 2.74. The molecule has 0 radical (unpaired) electrons. The van der Waals surface area contributed by atoms with Gasteiger partial charge in [-0.05, 0) is 53.8 Å². The molecule has 4 nitrogen and oxygen atoms in total. The summed E-state index contributed by atoms with van der Waals surface area (Å²) in [5.74, 6) is -0.0108. The van der Waals surface area contributed by atoms with Crippen LogP contribution in [0.15, 0.2) is 66.9 Å². The zero-order valence-electron chi connectivity index (χ0n) is 15.5. The van der Waals surface area contributed by atoms with Gasteiger partial charge in [0.15, 0.2) is 0 Å². The van der Waals surface area contributed by atoms with Gasteiger partial charge in [0.05, 0.1) is 11.9 Å². The van der Waals surface area contributed by atoms with E-state index in [1.54, 1.807) is 12.3 Å². The molecule has 0 aliphatic carbocycles. The fourth-order valence-corrected chi connectivity index (χ4v) is 3.42. The maximum absolute atomic E-state index is 12.8. The molecule has 0 fully saturated rings. The number of carbonyl (C=O) groups is 1. The lowest BCUT2D eigenvalue weighted by molar-refractivity contribution is 0.0729. The highest BCUT2D eigenvalue weighted by molar-refractivity contribution is 5.92. The van der Waals surface area contributed by atoms with Crippen LogP contribution in [0.3, 0.4) is 0 Å². The molecule has 0 atom stereocenters. The van der Waals surface area contributed by atoms with Crippen molar-refractivity contribution in [2.45, 2.75) is 26.3 Å². The summed E-state index contributed by atoms with van der Waals surface area (Å²) in [6.07, 6.45) is 3.65. The normalized spacial score (nSPS) is 13.1. The Kier molecular flexibility index (Phi) is 4.88. The SMILES string of the molecule is CCc1ccc(Nc2ccc(C(=O)N3CCc4ccccc4C3)nc2)cc1. The van der Waals surface area contributed by atoms with Crippen LogP contribution in [-0.2, 0) is 19.4 Å². The summed E-state index contributed by atoms with van der Waals surface area (Å²) in [5, 5.41) is 3.33. The Morgan fingerprint density at radius 3 is 2.44 bits per heavy atom. The van der Waals surface area contributed by atoms with Crippen molar-refractivity contribution in [3.05, 3.63) is 89.2 Å². The van der Waals surface area contributed by atoms with Gasteiger partial charge in [-0.15, -0.1) is 0 Å². The molecule has 1 aliphatic rings. The zero-order chi connectivity index (χ0) is 18.6. The van der Waals surface area contributed by atoms with E-state index in [0.29, 0.717) is 12.2 Å². The van der Waals surface area contributed by atoms with E-state index >= 15 is 0 Å². The van der Waals surface area contributed by atoms with Gasteiger partial charge in [-0.25, -0.2) is 4.98 Å². The number of amides is 1. The maximum Gasteiger partial charge on any atom is 0.272 e. The minimum absolute atomic E-state index is 0.0108. The first-order chi connectivity index (χ1) is 13.2. The number of nitrogens with one attached hydrogen (secondary N) is 1. The van der Waals surface area contributed by atoms with Crippen LogP contribution in [0.4, 0.5) is 11.4 Å². The van der Waals surface area contributed by atoms with Crippen molar-refractivity contribution >= 4 is 17.3 Å². The third kappa shape index (κ3) is 3.85. The fraction of sp³-hybridized carbons (Fsp3) is 0.217. The minimum atomic E-state index is -0.0108. The third-order valence-electron chi connectivity index (χ3n) is 5.05. The lowest BCUT2D eigenvalue weighted by Crippen LogP contribution is -2.36. The van der Waals surface area contributed by atoms with Gasteiger partial charge >= 0.3 is 0 Å². The van der Waals surface area contributed by atoms with E-state index in [1.165, 1.54) is 16.7 Å². The lowest BCUT2D eigenvalue weighted by Gasteiger charge is -2.28. The maximum atomic E-state index is 12.8. The summed E-state index contributed by atoms with van der Waals surface area (Å²) in [6, 6.07) is 20.4. The Morgan fingerprint density at radius 2 is 1.74 bits per heavy atom. The first-order valence-corrected chi connectivity index (χ1v) is 9.41. The van der Waals surface area contributed by atoms with Crippen LogP contribution in [-0.4, -0.2) is 22.3 Å². The molecule has 0 saturated carbocycles. The monoisotopic (exact) mass is 357 g/mol. The van der Waals surface area contributed by atoms with Gasteiger partial charge in [-0.2, -0.15) is 0 Å². The van der Waals surface area contributed by atoms with E-state index < -0.39 is 0 Å². The Morgan fingerprint density at radius 1 is 1.00 bits per heavy atom. The van der Waals surface area contributed by atoms with E-state index in [4.69, 9.17) is 0 Å². The highest BCUT2D eigenvalue weighted by Gasteiger charge is 2.22. The second-order valence-electron chi connectivity index (χ2n) is 6.85. The lowest BCUT2D eigenvalue weighted by atomic mass is 10.00. The average molecular weight is 357 g/mol. The molecule has 27 heavy (non-hydrogen) atoms. The standard InChI is InChI=1S/C23H23N3O/c1-2-17-7-9-20(10-8-17)25-21-11-12-22(24-15-21)23(27)26-14-13-18-5-3-4-6-19(18)16-26/h3-12,15,25H,2,13-14,16H2,1H3. The molecule has 0 bridgehead atoms. The molecule has 3 aromatic rings. The van der Waals surface area contributed by atoms with Crippen LogP contribution in [0, 0.1) is 0 Å². The number of rotatable bonds is 4. The second kappa shape index (κ2) is 7.62. The van der Waals surface area contributed by atoms with Gasteiger partial charge in [-0.1, -0.05) is 43.3 Å². The number of benzene rings is 2. The smallest absolute Gasteiger partial charge is 0.272 e. The number of pyridine rings is 1. The van der Waals surface area contributed by atoms with Gasteiger partial charge < -0.3 is 10.2 Å². The highest BCUT2D eigenvalue weighted by Crippen LogP contribution is 2.21. The summed E-state index contributed by atoms with van der Waals surface area (Å²) >= 11 is 0. The molecule has 136 valence electrons. The number of aromatic nitrogens is 1. The molecule has 4 rings (SSSR count). The summed E-state index contributed by atoms with van der Waals surface area (Å²) in [6.45, 7) is 3.53. The zero-order valence-corrected chi connectivity index (χ0v) is 15.5. The van der Waals surface area contributed by atoms with Crippen LogP contribution in [0.1, 0.15) is 34.1 Å². The molecule has 1 aliphatic heterocycles. The summed E-state index contributed by atoms with van der Waals surface area (Å²) in [4.78, 5) is 19.1. The largest absolute Gasteiger partial charge is 0.354 e. The van der Waals surface area contributed by atoms with E-state index in [1.807, 2.05) is 17.0 Å². The number of hydrogen-bond acceptors (Lipinski definition) is 3. The topological polar surface area (TPSA) is 45.2 Å². The number of fused-ring (bicyclic) bond motifs is 1. The Balaban J connectivity index is 1.43. The molecule has 2 aromatic carbocycles. The number of anilines is 2. The quantitative estimate of drug-likeness (QED) is 0.743. The van der Waals surface area contributed by atoms with Crippen LogP contribution < -0.4 is 5.32 Å². The number of carbonyl (C=O) groups excluding carboxylic acids is 1. The van der Waals surface area contributed by atoms with E-state index in [0.717, 1.165) is 30.8 Å². The number of nitrogens with zero attached hydrogens (tertiary/aromatic N) is 2. The highest BCUT2D eigenvalue weighted by atomic mass is 16.2. The Bertz CT molecular complexity index is 933. The van der Waals surface area contributed by atoms with Crippen LogP contribution in [0.5, 0.6) is 0 Å². The van der Waals surface area contributed by atoms with Gasteiger partial charge in [0, 0.05) is 18.8 Å². The summed E-state index contributed by atoms with van der Waals surface area (Å²) in [5.41, 5.74) is 6.25. The summed E-state index contributed by atoms with van der Waals surface area (Å²) in [7, 11) is 0. The van der Waals surface area contributed by atoms with Crippen molar-refractivity contribution in [2.75, 3.05) is 11.9 Å². The predicted molar refractivity (Wildman–Crippen MR) is 108 cm³/mol. The van der Waals surface area contributed by atoms with Crippen molar-refractivity contribution in [2.24, 2.45) is 0 Å². The van der Waals surface area contributed by atoms with Gasteiger partial charge in [0.2, 0.25) is 0 Å².